The maximum absolute atomic E-state index is 12.1. The van der Waals surface area contributed by atoms with Crippen molar-refractivity contribution in [1.29, 1.82) is 0 Å². The summed E-state index contributed by atoms with van der Waals surface area (Å²) in [7, 11) is 2.78. The predicted octanol–water partition coefficient (Wildman–Crippen LogP) is 5.77. The number of esters is 1. The summed E-state index contributed by atoms with van der Waals surface area (Å²) in [4.78, 5) is 12.1. The van der Waals surface area contributed by atoms with Crippen molar-refractivity contribution in [2.75, 3.05) is 20.8 Å². The summed E-state index contributed by atoms with van der Waals surface area (Å²) in [6.07, 6.45) is 1.35. The van der Waals surface area contributed by atoms with E-state index >= 15 is 0 Å². The van der Waals surface area contributed by atoms with Gasteiger partial charge in [-0.15, -0.1) is 0 Å². The normalized spacial score (nSPS) is 11.3. The third-order valence-corrected chi connectivity index (χ3v) is 4.44. The van der Waals surface area contributed by atoms with Gasteiger partial charge < -0.3 is 18.9 Å². The molecule has 0 atom stereocenters. The minimum Gasteiger partial charge on any atom is -0.503 e. The molecule has 7 heteroatoms. The number of hydrogen-bond acceptors (Lipinski definition) is 5. The van der Waals surface area contributed by atoms with Crippen molar-refractivity contribution in [3.05, 3.63) is 63.8 Å². The highest BCUT2D eigenvalue weighted by Gasteiger charge is 2.17. The topological polar surface area (TPSA) is 54.0 Å². The fraction of sp³-hybridized carbons (Fsp3) is 0.318. The summed E-state index contributed by atoms with van der Waals surface area (Å²) in [5, 5.41) is 0.743. The molecule has 2 rings (SSSR count). The number of methoxy groups -OCH3 is 2. The van der Waals surface area contributed by atoms with E-state index in [2.05, 4.69) is 0 Å². The third-order valence-electron chi connectivity index (χ3n) is 3.88. The molecular weight excluding hydrogens is 415 g/mol. The molecule has 0 aromatic heterocycles. The van der Waals surface area contributed by atoms with Crippen LogP contribution in [0, 0.1) is 5.92 Å². The van der Waals surface area contributed by atoms with Crippen LogP contribution < -0.4 is 9.47 Å². The first-order valence-electron chi connectivity index (χ1n) is 9.01. The van der Waals surface area contributed by atoms with Gasteiger partial charge in [0.25, 0.3) is 0 Å². The van der Waals surface area contributed by atoms with Gasteiger partial charge in [-0.25, -0.2) is 4.79 Å². The monoisotopic (exact) mass is 438 g/mol. The van der Waals surface area contributed by atoms with Crippen molar-refractivity contribution in [1.82, 2.24) is 0 Å². The Morgan fingerprint density at radius 2 is 1.72 bits per heavy atom. The van der Waals surface area contributed by atoms with Crippen molar-refractivity contribution < 1.29 is 23.7 Å². The van der Waals surface area contributed by atoms with Gasteiger partial charge in [0.15, 0.2) is 5.75 Å². The molecule has 0 aliphatic rings. The maximum atomic E-state index is 12.1. The lowest BCUT2D eigenvalue weighted by Crippen LogP contribution is -2.08. The average molecular weight is 439 g/mol. The smallest absolute Gasteiger partial charge is 0.341 e. The summed E-state index contributed by atoms with van der Waals surface area (Å²) in [5.74, 6) is 0.767. The van der Waals surface area contributed by atoms with E-state index in [1.807, 2.05) is 32.0 Å². The fourth-order valence-electron chi connectivity index (χ4n) is 2.53. The van der Waals surface area contributed by atoms with E-state index in [0.29, 0.717) is 45.2 Å². The van der Waals surface area contributed by atoms with Gasteiger partial charge in [-0.2, -0.15) is 0 Å². The summed E-state index contributed by atoms with van der Waals surface area (Å²) < 4.78 is 21.4. The number of benzene rings is 2. The molecule has 0 N–H and O–H groups in total. The molecule has 5 nitrogen and oxygen atoms in total. The van der Waals surface area contributed by atoms with Crippen LogP contribution in [0.1, 0.15) is 25.0 Å². The van der Waals surface area contributed by atoms with Crippen molar-refractivity contribution in [3.63, 3.8) is 0 Å². The third kappa shape index (κ3) is 6.31. The van der Waals surface area contributed by atoms with Gasteiger partial charge in [-0.1, -0.05) is 61.3 Å². The molecule has 0 saturated carbocycles. The predicted molar refractivity (Wildman–Crippen MR) is 115 cm³/mol. The van der Waals surface area contributed by atoms with Crippen LogP contribution in [0.5, 0.6) is 11.5 Å². The lowest BCUT2D eigenvalue weighted by Gasteiger charge is -2.15. The molecule has 156 valence electrons. The van der Waals surface area contributed by atoms with Crippen molar-refractivity contribution in [2.45, 2.75) is 20.5 Å². The molecule has 2 aromatic carbocycles. The number of halogens is 2. The molecule has 0 spiro atoms. The number of hydrogen-bond donors (Lipinski definition) is 0. The van der Waals surface area contributed by atoms with Crippen LogP contribution in [-0.2, 0) is 20.9 Å². The van der Waals surface area contributed by atoms with Crippen molar-refractivity contribution >= 4 is 34.7 Å². The van der Waals surface area contributed by atoms with E-state index in [0.717, 1.165) is 5.56 Å². The zero-order chi connectivity index (χ0) is 21.4. The Bertz CT molecular complexity index is 854. The molecule has 29 heavy (non-hydrogen) atoms. The molecule has 0 radical (unpaired) electrons. The summed E-state index contributed by atoms with van der Waals surface area (Å²) in [6.45, 7) is 4.77. The molecule has 0 amide bonds. The van der Waals surface area contributed by atoms with Crippen LogP contribution >= 0.6 is 23.2 Å². The van der Waals surface area contributed by atoms with E-state index < -0.39 is 5.97 Å². The van der Waals surface area contributed by atoms with E-state index in [9.17, 15) is 4.79 Å². The number of carbonyl (C=O) groups excluding carboxylic acids is 1. The van der Waals surface area contributed by atoms with Gasteiger partial charge in [0.1, 0.15) is 17.9 Å². The average Bonchev–Trinajstić information content (AvgIpc) is 2.69. The lowest BCUT2D eigenvalue weighted by molar-refractivity contribution is -0.133. The Morgan fingerprint density at radius 3 is 2.31 bits per heavy atom. The molecule has 0 aliphatic carbocycles. The Labute approximate surface area is 181 Å². The minimum atomic E-state index is -0.503. The fourth-order valence-corrected chi connectivity index (χ4v) is 3.10. The van der Waals surface area contributed by atoms with Gasteiger partial charge in [-0.05, 0) is 17.0 Å². The van der Waals surface area contributed by atoms with Gasteiger partial charge in [-0.3, -0.25) is 0 Å². The van der Waals surface area contributed by atoms with Gasteiger partial charge in [0.05, 0.1) is 37.1 Å². The Hall–Kier alpha value is -2.37. The number of carbonyl (C=O) groups is 1. The summed E-state index contributed by atoms with van der Waals surface area (Å²) in [6, 6.07) is 10.6. The Morgan fingerprint density at radius 1 is 1.07 bits per heavy atom. The molecule has 0 bridgehead atoms. The first-order valence-corrected chi connectivity index (χ1v) is 9.77. The molecule has 0 heterocycles. The van der Waals surface area contributed by atoms with Crippen molar-refractivity contribution in [2.24, 2.45) is 5.92 Å². The van der Waals surface area contributed by atoms with Crippen molar-refractivity contribution in [3.8, 4) is 11.5 Å². The van der Waals surface area contributed by atoms with E-state index in [1.165, 1.54) is 20.5 Å². The first kappa shape index (κ1) is 22.9. The molecule has 2 aromatic rings. The van der Waals surface area contributed by atoms with E-state index in [-0.39, 0.29) is 6.61 Å². The van der Waals surface area contributed by atoms with Gasteiger partial charge in [0.2, 0.25) is 0 Å². The number of rotatable bonds is 9. The van der Waals surface area contributed by atoms with Crippen LogP contribution in [-0.4, -0.2) is 26.8 Å². The lowest BCUT2D eigenvalue weighted by atomic mass is 10.0. The second-order valence-electron chi connectivity index (χ2n) is 6.63. The first-order chi connectivity index (χ1) is 13.9. The van der Waals surface area contributed by atoms with Crippen LogP contribution in [0.2, 0.25) is 10.0 Å². The Kier molecular flexibility index (Phi) is 8.68. The van der Waals surface area contributed by atoms with Crippen LogP contribution in [0.4, 0.5) is 0 Å². The molecule has 0 aliphatic heterocycles. The van der Waals surface area contributed by atoms with Crippen LogP contribution in [0.15, 0.2) is 42.7 Å². The summed E-state index contributed by atoms with van der Waals surface area (Å²) >= 11 is 12.6. The van der Waals surface area contributed by atoms with Gasteiger partial charge >= 0.3 is 5.97 Å². The molecule has 0 unspecified atom stereocenters. The van der Waals surface area contributed by atoms with E-state index in [1.54, 1.807) is 18.2 Å². The maximum Gasteiger partial charge on any atom is 0.341 e. The summed E-state index contributed by atoms with van der Waals surface area (Å²) in [5.41, 5.74) is 1.71. The highest BCUT2D eigenvalue weighted by Crippen LogP contribution is 2.37. The van der Waals surface area contributed by atoms with E-state index in [4.69, 9.17) is 42.1 Å². The zero-order valence-corrected chi connectivity index (χ0v) is 18.3. The van der Waals surface area contributed by atoms with Gasteiger partial charge in [0, 0.05) is 12.1 Å². The highest BCUT2D eigenvalue weighted by molar-refractivity contribution is 6.37. The second kappa shape index (κ2) is 11.0. The largest absolute Gasteiger partial charge is 0.503 e. The number of ether oxygens (including phenoxy) is 4. The molecular formula is C22H24Cl2O5. The highest BCUT2D eigenvalue weighted by atomic mass is 35.5. The molecule has 0 saturated heterocycles. The van der Waals surface area contributed by atoms with Crippen LogP contribution in [0.3, 0.4) is 0 Å². The second-order valence-corrected chi connectivity index (χ2v) is 7.44. The standard InChI is InChI=1S/C22H24Cl2O5/c1-14(2)11-29-21-19(23)9-16(10-20(21)24)28-12-15-7-5-6-8-17(15)18(13-26-3)22(25)27-4/h5-10,13-14H,11-12H2,1-4H3/b18-13+. The van der Waals surface area contributed by atoms with Crippen LogP contribution in [0.25, 0.3) is 5.57 Å². The SMILES string of the molecule is CO/C=C(/C(=O)OC)c1ccccc1COc1cc(Cl)c(OCC(C)C)c(Cl)c1. The zero-order valence-electron chi connectivity index (χ0n) is 16.8. The quantitative estimate of drug-likeness (QED) is 0.282. The molecule has 0 fully saturated rings. The Balaban J connectivity index is 2.23. The minimum absolute atomic E-state index is 0.188.